The lowest BCUT2D eigenvalue weighted by Crippen LogP contribution is -2.45. The highest BCUT2D eigenvalue weighted by Crippen LogP contribution is 2.15. The molecule has 0 fully saturated rings. The van der Waals surface area contributed by atoms with Gasteiger partial charge >= 0.3 is 0 Å². The number of nitrogens with zero attached hydrogens (tertiary/aromatic N) is 2. The molecule has 0 aliphatic carbocycles. The molecule has 4 nitrogen and oxygen atoms in total. The lowest BCUT2D eigenvalue weighted by molar-refractivity contribution is -0.669. The summed E-state index contributed by atoms with van der Waals surface area (Å²) in [4.78, 5) is 0. The van der Waals surface area contributed by atoms with Gasteiger partial charge in [-0.2, -0.15) is 5.10 Å². The molecule has 1 aromatic heterocycles. The van der Waals surface area contributed by atoms with Crippen molar-refractivity contribution in [3.8, 4) is 0 Å². The van der Waals surface area contributed by atoms with Crippen LogP contribution in [0.2, 0.25) is 0 Å². The number of hydrazone groups is 1. The minimum absolute atomic E-state index is 0.0974. The van der Waals surface area contributed by atoms with Gasteiger partial charge in [-0.1, -0.05) is 52.8 Å². The number of pyridine rings is 1. The molecule has 1 aromatic rings. The summed E-state index contributed by atoms with van der Waals surface area (Å²) in [5.74, 6) is 0.618. The predicted molar refractivity (Wildman–Crippen MR) is 88.5 cm³/mol. The number of nitrogens with one attached hydrogen (secondary N) is 1. The van der Waals surface area contributed by atoms with E-state index in [4.69, 9.17) is 5.73 Å². The van der Waals surface area contributed by atoms with Gasteiger partial charge in [-0.15, -0.1) is 0 Å². The molecular formula is C17H30N4. The number of amidine groups is 1. The van der Waals surface area contributed by atoms with E-state index in [1.54, 1.807) is 0 Å². The van der Waals surface area contributed by atoms with E-state index in [0.29, 0.717) is 5.84 Å². The van der Waals surface area contributed by atoms with Crippen molar-refractivity contribution in [2.45, 2.75) is 60.4 Å². The van der Waals surface area contributed by atoms with Gasteiger partial charge in [0, 0.05) is 5.41 Å². The van der Waals surface area contributed by atoms with Gasteiger partial charge in [0.05, 0.1) is 18.3 Å². The number of rotatable bonds is 6. The molecule has 1 atom stereocenters. The molecule has 0 saturated carbocycles. The lowest BCUT2D eigenvalue weighted by atomic mass is 9.96. The smallest absolute Gasteiger partial charge is 0.124 e. The zero-order valence-electron chi connectivity index (χ0n) is 14.3. The fourth-order valence-corrected chi connectivity index (χ4v) is 2.09. The van der Waals surface area contributed by atoms with Crippen molar-refractivity contribution in [3.63, 3.8) is 0 Å². The van der Waals surface area contributed by atoms with Gasteiger partial charge in [-0.05, 0) is 19.8 Å². The third-order valence-corrected chi connectivity index (χ3v) is 3.64. The molecule has 0 saturated heterocycles. The van der Waals surface area contributed by atoms with Gasteiger partial charge in [0.25, 0.3) is 0 Å². The summed E-state index contributed by atoms with van der Waals surface area (Å²) >= 11 is 0. The normalized spacial score (nSPS) is 13.9. The van der Waals surface area contributed by atoms with Crippen molar-refractivity contribution in [1.82, 2.24) is 5.43 Å². The van der Waals surface area contributed by atoms with Crippen LogP contribution < -0.4 is 15.7 Å². The molecule has 0 radical (unpaired) electrons. The SMILES string of the molecule is CC[C-](CC)[n+]1ccccc1C(C)N/N=C(\N)C(C)(C)C. The summed E-state index contributed by atoms with van der Waals surface area (Å²) in [6, 6.07) is 7.75. The Bertz CT molecular complexity index is 470. The van der Waals surface area contributed by atoms with E-state index in [1.807, 2.05) is 0 Å². The summed E-state index contributed by atoms with van der Waals surface area (Å²) in [6.45, 7) is 12.7. The van der Waals surface area contributed by atoms with Crippen LogP contribution in [0.15, 0.2) is 29.5 Å². The summed E-state index contributed by atoms with van der Waals surface area (Å²) in [6.07, 6.45) is 4.20. The number of nitrogens with two attached hydrogens (primary N) is 1. The highest BCUT2D eigenvalue weighted by atomic mass is 15.3. The molecule has 0 aromatic carbocycles. The maximum absolute atomic E-state index is 6.00. The first-order valence-corrected chi connectivity index (χ1v) is 7.76. The average Bonchev–Trinajstić information content (AvgIpc) is 2.45. The summed E-state index contributed by atoms with van der Waals surface area (Å²) < 4.78 is 2.26. The van der Waals surface area contributed by atoms with E-state index in [1.165, 1.54) is 11.7 Å². The van der Waals surface area contributed by atoms with Crippen LogP contribution in [0.1, 0.15) is 66.1 Å². The number of hydrogen-bond donors (Lipinski definition) is 2. The second kappa shape index (κ2) is 7.34. The Morgan fingerprint density at radius 1 is 1.33 bits per heavy atom. The van der Waals surface area contributed by atoms with Crippen molar-refractivity contribution in [2.24, 2.45) is 16.3 Å². The molecule has 118 valence electrons. The maximum atomic E-state index is 6.00. The molecule has 1 heterocycles. The van der Waals surface area contributed by atoms with Crippen LogP contribution in [0, 0.1) is 11.5 Å². The Kier molecular flexibility index (Phi) is 6.06. The van der Waals surface area contributed by atoms with Gasteiger partial charge in [0.1, 0.15) is 11.5 Å². The topological polar surface area (TPSA) is 54.3 Å². The quantitative estimate of drug-likeness (QED) is 0.278. The molecule has 0 aliphatic heterocycles. The fourth-order valence-electron chi connectivity index (χ4n) is 2.09. The van der Waals surface area contributed by atoms with Crippen molar-refractivity contribution < 1.29 is 4.57 Å². The van der Waals surface area contributed by atoms with Crippen molar-refractivity contribution in [3.05, 3.63) is 36.1 Å². The zero-order chi connectivity index (χ0) is 16.0. The Hall–Kier alpha value is -1.71. The maximum Gasteiger partial charge on any atom is 0.124 e. The Labute approximate surface area is 129 Å². The van der Waals surface area contributed by atoms with E-state index < -0.39 is 0 Å². The van der Waals surface area contributed by atoms with Gasteiger partial charge < -0.3 is 15.7 Å². The van der Waals surface area contributed by atoms with Crippen LogP contribution >= 0.6 is 0 Å². The van der Waals surface area contributed by atoms with E-state index >= 15 is 0 Å². The van der Waals surface area contributed by atoms with Crippen molar-refractivity contribution in [1.29, 1.82) is 0 Å². The predicted octanol–water partition coefficient (Wildman–Crippen LogP) is 3.14. The molecule has 4 heteroatoms. The largest absolute Gasteiger partial charge is 0.385 e. The molecular weight excluding hydrogens is 260 g/mol. The van der Waals surface area contributed by atoms with Gasteiger partial charge in [0.15, 0.2) is 0 Å². The number of hydrogen-bond acceptors (Lipinski definition) is 2. The van der Waals surface area contributed by atoms with E-state index in [0.717, 1.165) is 12.8 Å². The first-order chi connectivity index (χ1) is 9.81. The molecule has 0 aliphatic rings. The van der Waals surface area contributed by atoms with Crippen LogP contribution in [0.25, 0.3) is 0 Å². The van der Waals surface area contributed by atoms with Crippen molar-refractivity contribution >= 4 is 5.84 Å². The highest BCUT2D eigenvalue weighted by molar-refractivity contribution is 5.85. The average molecular weight is 290 g/mol. The van der Waals surface area contributed by atoms with Crippen LogP contribution in [0.5, 0.6) is 0 Å². The number of aromatic nitrogens is 1. The van der Waals surface area contributed by atoms with Crippen LogP contribution in [0.4, 0.5) is 0 Å². The standard InChI is InChI=1S/C17H30N4/c1-7-14(8-2)21-12-10-9-11-15(21)13(3)19-20-16(18)17(4,5)6/h9-13,19H,7-8H2,1-6H3,(H2,18,20). The van der Waals surface area contributed by atoms with E-state index in [9.17, 15) is 0 Å². The first-order valence-electron chi connectivity index (χ1n) is 7.76. The van der Waals surface area contributed by atoms with Gasteiger partial charge in [-0.3, -0.25) is 0 Å². The summed E-state index contributed by atoms with van der Waals surface area (Å²) in [5, 5.41) is 4.35. The van der Waals surface area contributed by atoms with E-state index in [-0.39, 0.29) is 11.5 Å². The summed E-state index contributed by atoms with van der Waals surface area (Å²) in [5.41, 5.74) is 10.3. The molecule has 0 bridgehead atoms. The highest BCUT2D eigenvalue weighted by Gasteiger charge is 2.18. The lowest BCUT2D eigenvalue weighted by Gasteiger charge is -2.24. The zero-order valence-corrected chi connectivity index (χ0v) is 14.3. The molecule has 0 amide bonds. The van der Waals surface area contributed by atoms with Gasteiger partial charge in [0.2, 0.25) is 0 Å². The minimum Gasteiger partial charge on any atom is -0.385 e. The van der Waals surface area contributed by atoms with Gasteiger partial charge in [-0.25, -0.2) is 0 Å². The monoisotopic (exact) mass is 290 g/mol. The Morgan fingerprint density at radius 2 is 1.95 bits per heavy atom. The second-order valence-electron chi connectivity index (χ2n) is 6.37. The van der Waals surface area contributed by atoms with Crippen molar-refractivity contribution in [2.75, 3.05) is 0 Å². The molecule has 21 heavy (non-hydrogen) atoms. The fraction of sp³-hybridized carbons (Fsp3) is 0.588. The van der Waals surface area contributed by atoms with Crippen LogP contribution in [-0.2, 0) is 0 Å². The minimum atomic E-state index is -0.122. The van der Waals surface area contributed by atoms with Crippen LogP contribution in [-0.4, -0.2) is 5.84 Å². The third-order valence-electron chi connectivity index (χ3n) is 3.64. The molecule has 1 rings (SSSR count). The summed E-state index contributed by atoms with van der Waals surface area (Å²) in [7, 11) is 0. The Morgan fingerprint density at radius 3 is 2.48 bits per heavy atom. The second-order valence-corrected chi connectivity index (χ2v) is 6.37. The Balaban J connectivity index is 2.96. The molecule has 0 spiro atoms. The van der Waals surface area contributed by atoms with Crippen LogP contribution in [0.3, 0.4) is 0 Å². The molecule has 3 N–H and O–H groups in total. The first kappa shape index (κ1) is 17.3. The molecule has 1 unspecified atom stereocenters. The third kappa shape index (κ3) is 4.66. The van der Waals surface area contributed by atoms with E-state index in [2.05, 4.69) is 81.0 Å².